The van der Waals surface area contributed by atoms with Crippen molar-refractivity contribution in [3.63, 3.8) is 0 Å². The van der Waals surface area contributed by atoms with Gasteiger partial charge in [-0.15, -0.1) is 0 Å². The van der Waals surface area contributed by atoms with Gasteiger partial charge in [-0.25, -0.2) is 13.1 Å². The lowest BCUT2D eigenvalue weighted by atomic mass is 9.96. The predicted octanol–water partition coefficient (Wildman–Crippen LogP) is 2.44. The monoisotopic (exact) mass is 329 g/mol. The van der Waals surface area contributed by atoms with Crippen molar-refractivity contribution in [3.8, 4) is 0 Å². The normalized spacial score (nSPS) is 23.2. The van der Waals surface area contributed by atoms with Crippen LogP contribution < -0.4 is 4.72 Å². The lowest BCUT2D eigenvalue weighted by molar-refractivity contribution is 0.280. The lowest BCUT2D eigenvalue weighted by Crippen LogP contribution is -2.39. The van der Waals surface area contributed by atoms with E-state index in [-0.39, 0.29) is 17.5 Å². The molecule has 1 fully saturated rings. The van der Waals surface area contributed by atoms with Crippen LogP contribution in [-0.2, 0) is 16.6 Å². The van der Waals surface area contributed by atoms with Crippen molar-refractivity contribution < 1.29 is 13.5 Å². The van der Waals surface area contributed by atoms with Crippen LogP contribution in [-0.4, -0.2) is 31.1 Å². The zero-order valence-corrected chi connectivity index (χ0v) is 14.1. The molecule has 2 unspecified atom stereocenters. The highest BCUT2D eigenvalue weighted by molar-refractivity contribution is 7.99. The molecular formula is C15H23NO3S2. The summed E-state index contributed by atoms with van der Waals surface area (Å²) in [5.41, 5.74) is 1.29. The second-order valence-corrected chi connectivity index (χ2v) is 8.36. The topological polar surface area (TPSA) is 66.4 Å². The standard InChI is InChI=1S/C15H23NO3S2/c1-11-12(10-17)5-3-8-15(11)21(18,19)16-13-6-4-7-14(9-13)20-2/h3,5,8,13-14,16-17H,4,6-7,9-10H2,1-2H3. The summed E-state index contributed by atoms with van der Waals surface area (Å²) in [6, 6.07) is 5.04. The molecule has 6 heteroatoms. The molecular weight excluding hydrogens is 306 g/mol. The fourth-order valence-electron chi connectivity index (χ4n) is 2.87. The van der Waals surface area contributed by atoms with Gasteiger partial charge in [0.1, 0.15) is 0 Å². The summed E-state index contributed by atoms with van der Waals surface area (Å²) in [5, 5.41) is 9.82. The van der Waals surface area contributed by atoms with Crippen molar-refractivity contribution in [3.05, 3.63) is 29.3 Å². The van der Waals surface area contributed by atoms with Crippen molar-refractivity contribution in [2.45, 2.75) is 55.4 Å². The fourth-order valence-corrected chi connectivity index (χ4v) is 5.27. The van der Waals surface area contributed by atoms with E-state index in [1.54, 1.807) is 25.1 Å². The smallest absolute Gasteiger partial charge is 0.241 e. The van der Waals surface area contributed by atoms with Crippen molar-refractivity contribution in [2.75, 3.05) is 6.26 Å². The summed E-state index contributed by atoms with van der Waals surface area (Å²) >= 11 is 1.81. The molecule has 2 rings (SSSR count). The van der Waals surface area contributed by atoms with Crippen molar-refractivity contribution in [1.29, 1.82) is 0 Å². The maximum atomic E-state index is 12.6. The van der Waals surface area contributed by atoms with Gasteiger partial charge in [0.15, 0.2) is 0 Å². The molecule has 1 aliphatic carbocycles. The Morgan fingerprint density at radius 2 is 2.14 bits per heavy atom. The average molecular weight is 329 g/mol. The first-order chi connectivity index (χ1) is 9.97. The molecule has 0 radical (unpaired) electrons. The number of hydrogen-bond acceptors (Lipinski definition) is 4. The largest absolute Gasteiger partial charge is 0.392 e. The van der Waals surface area contributed by atoms with Gasteiger partial charge < -0.3 is 5.11 Å². The van der Waals surface area contributed by atoms with E-state index in [0.29, 0.717) is 16.4 Å². The highest BCUT2D eigenvalue weighted by Gasteiger charge is 2.27. The zero-order chi connectivity index (χ0) is 15.5. The van der Waals surface area contributed by atoms with E-state index in [4.69, 9.17) is 0 Å². The lowest BCUT2D eigenvalue weighted by Gasteiger charge is -2.28. The van der Waals surface area contributed by atoms with Gasteiger partial charge >= 0.3 is 0 Å². The van der Waals surface area contributed by atoms with Crippen LogP contribution in [0.5, 0.6) is 0 Å². The maximum Gasteiger partial charge on any atom is 0.241 e. The van der Waals surface area contributed by atoms with Crippen LogP contribution in [0.15, 0.2) is 23.1 Å². The molecule has 0 heterocycles. The third-order valence-corrected chi connectivity index (χ3v) is 6.90. The Bertz CT molecular complexity index is 587. The fraction of sp³-hybridized carbons (Fsp3) is 0.600. The molecule has 0 saturated heterocycles. The van der Waals surface area contributed by atoms with Gasteiger partial charge in [-0.3, -0.25) is 0 Å². The first-order valence-electron chi connectivity index (χ1n) is 7.22. The van der Waals surface area contributed by atoms with E-state index >= 15 is 0 Å². The van der Waals surface area contributed by atoms with Gasteiger partial charge in [0.05, 0.1) is 11.5 Å². The molecule has 1 aliphatic rings. The molecule has 0 aliphatic heterocycles. The number of benzene rings is 1. The van der Waals surface area contributed by atoms with Gasteiger partial charge in [-0.2, -0.15) is 11.8 Å². The molecule has 2 N–H and O–H groups in total. The first-order valence-corrected chi connectivity index (χ1v) is 9.99. The van der Waals surface area contributed by atoms with Crippen LogP contribution in [0.1, 0.15) is 36.8 Å². The summed E-state index contributed by atoms with van der Waals surface area (Å²) in [5.74, 6) is 0. The number of aliphatic hydroxyl groups excluding tert-OH is 1. The predicted molar refractivity (Wildman–Crippen MR) is 87.0 cm³/mol. The second kappa shape index (κ2) is 7.13. The van der Waals surface area contributed by atoms with Crippen LogP contribution in [0.2, 0.25) is 0 Å². The quantitative estimate of drug-likeness (QED) is 0.871. The third-order valence-electron chi connectivity index (χ3n) is 4.14. The van der Waals surface area contributed by atoms with Crippen LogP contribution >= 0.6 is 11.8 Å². The van der Waals surface area contributed by atoms with E-state index in [1.807, 2.05) is 11.8 Å². The van der Waals surface area contributed by atoms with Gasteiger partial charge in [-0.05, 0) is 49.6 Å². The third kappa shape index (κ3) is 4.00. The summed E-state index contributed by atoms with van der Waals surface area (Å²) < 4.78 is 28.0. The van der Waals surface area contributed by atoms with Gasteiger partial charge in [0.2, 0.25) is 10.0 Å². The highest BCUT2D eigenvalue weighted by atomic mass is 32.2. The van der Waals surface area contributed by atoms with E-state index in [9.17, 15) is 13.5 Å². The molecule has 1 saturated carbocycles. The molecule has 2 atom stereocenters. The molecule has 1 aromatic rings. The molecule has 21 heavy (non-hydrogen) atoms. The van der Waals surface area contributed by atoms with Gasteiger partial charge in [-0.1, -0.05) is 18.6 Å². The molecule has 4 nitrogen and oxygen atoms in total. The number of sulfonamides is 1. The minimum atomic E-state index is -3.53. The number of nitrogens with one attached hydrogen (secondary N) is 1. The van der Waals surface area contributed by atoms with Crippen LogP contribution in [0.25, 0.3) is 0 Å². The minimum absolute atomic E-state index is 0.0124. The Morgan fingerprint density at radius 3 is 2.81 bits per heavy atom. The van der Waals surface area contributed by atoms with E-state index in [1.165, 1.54) is 6.42 Å². The molecule has 1 aromatic carbocycles. The molecule has 0 aromatic heterocycles. The summed E-state index contributed by atoms with van der Waals surface area (Å²) in [6.45, 7) is 1.60. The molecule has 0 amide bonds. The first kappa shape index (κ1) is 16.8. The zero-order valence-electron chi connectivity index (χ0n) is 12.5. The summed E-state index contributed by atoms with van der Waals surface area (Å²) in [7, 11) is -3.53. The summed E-state index contributed by atoms with van der Waals surface area (Å²) in [4.78, 5) is 0.278. The molecule has 118 valence electrons. The van der Waals surface area contributed by atoms with Crippen LogP contribution in [0.3, 0.4) is 0 Å². The average Bonchev–Trinajstić information content (AvgIpc) is 2.47. The Morgan fingerprint density at radius 1 is 1.38 bits per heavy atom. The molecule has 0 spiro atoms. The van der Waals surface area contributed by atoms with E-state index in [2.05, 4.69) is 11.0 Å². The summed E-state index contributed by atoms with van der Waals surface area (Å²) in [6.07, 6.45) is 6.09. The minimum Gasteiger partial charge on any atom is -0.392 e. The van der Waals surface area contributed by atoms with E-state index in [0.717, 1.165) is 19.3 Å². The van der Waals surface area contributed by atoms with Crippen molar-refractivity contribution in [1.82, 2.24) is 4.72 Å². The second-order valence-electron chi connectivity index (χ2n) is 5.54. The maximum absolute atomic E-state index is 12.6. The number of hydrogen-bond donors (Lipinski definition) is 2. The van der Waals surface area contributed by atoms with Gasteiger partial charge in [0, 0.05) is 11.3 Å². The van der Waals surface area contributed by atoms with E-state index < -0.39 is 10.0 Å². The number of aliphatic hydroxyl groups is 1. The molecule has 0 bridgehead atoms. The Kier molecular flexibility index (Phi) is 5.71. The number of thioether (sulfide) groups is 1. The van der Waals surface area contributed by atoms with Crippen LogP contribution in [0, 0.1) is 6.92 Å². The Labute approximate surface area is 131 Å². The van der Waals surface area contributed by atoms with Gasteiger partial charge in [0.25, 0.3) is 0 Å². The van der Waals surface area contributed by atoms with Crippen LogP contribution in [0.4, 0.5) is 0 Å². The number of rotatable bonds is 5. The Balaban J connectivity index is 2.19. The SMILES string of the molecule is CSC1CCCC(NS(=O)(=O)c2cccc(CO)c2C)C1. The van der Waals surface area contributed by atoms with Crippen molar-refractivity contribution >= 4 is 21.8 Å². The van der Waals surface area contributed by atoms with Crippen molar-refractivity contribution in [2.24, 2.45) is 0 Å². The highest BCUT2D eigenvalue weighted by Crippen LogP contribution is 2.28. The Hall–Kier alpha value is -0.560.